The summed E-state index contributed by atoms with van der Waals surface area (Å²) in [6.07, 6.45) is 45.8. The number of carbonyl (C=O) groups excluding carboxylic acids is 4. The molecule has 0 heterocycles. The van der Waals surface area contributed by atoms with Crippen molar-refractivity contribution in [3.8, 4) is 0 Å². The number of aliphatic hydroxyl groups is 1. The van der Waals surface area contributed by atoms with E-state index >= 15 is 0 Å². The summed E-state index contributed by atoms with van der Waals surface area (Å²) in [5.41, 5.74) is 0. The SMILES string of the molecule is CCCCCCCCCCCCCCCCC(=O)O[C@H](COC(=O)CCCCCCCCCCCCCC)COP(=O)(O)OC[C@@H](O)COP(=O)(O)OC[C@@H](COC(=O)CCCCCCCCCCC(C)C)OC(=O)CCCCCCCCCCC(C)C. The molecule has 0 aromatic carbocycles. The lowest BCUT2D eigenvalue weighted by atomic mass is 10.0. The molecule has 2 unspecified atom stereocenters. The summed E-state index contributed by atoms with van der Waals surface area (Å²) in [4.78, 5) is 72.5. The van der Waals surface area contributed by atoms with Gasteiger partial charge in [-0.25, -0.2) is 9.13 Å². The zero-order valence-corrected chi connectivity index (χ0v) is 58.8. The Bertz CT molecular complexity index is 1720. The molecule has 17 nitrogen and oxygen atoms in total. The van der Waals surface area contributed by atoms with Crippen LogP contribution in [0.4, 0.5) is 0 Å². The Morgan fingerprint density at radius 1 is 0.307 bits per heavy atom. The quantitative estimate of drug-likeness (QED) is 0.0222. The highest BCUT2D eigenvalue weighted by Gasteiger charge is 2.30. The Morgan fingerprint density at radius 2 is 0.523 bits per heavy atom. The largest absolute Gasteiger partial charge is 0.472 e. The fraction of sp³-hybridized carbons (Fsp3) is 0.942. The lowest BCUT2D eigenvalue weighted by molar-refractivity contribution is -0.161. The Balaban J connectivity index is 5.25. The van der Waals surface area contributed by atoms with Crippen molar-refractivity contribution in [3.05, 3.63) is 0 Å². The molecule has 0 aromatic heterocycles. The van der Waals surface area contributed by atoms with E-state index in [0.717, 1.165) is 102 Å². The van der Waals surface area contributed by atoms with Gasteiger partial charge in [0, 0.05) is 25.7 Å². The summed E-state index contributed by atoms with van der Waals surface area (Å²) in [6, 6.07) is 0. The second kappa shape index (κ2) is 61.3. The summed E-state index contributed by atoms with van der Waals surface area (Å²) >= 11 is 0. The fourth-order valence-electron chi connectivity index (χ4n) is 10.4. The van der Waals surface area contributed by atoms with Crippen LogP contribution in [0.5, 0.6) is 0 Å². The number of rotatable bonds is 68. The molecule has 0 fully saturated rings. The maximum Gasteiger partial charge on any atom is 0.472 e. The van der Waals surface area contributed by atoms with Gasteiger partial charge in [-0.15, -0.1) is 0 Å². The minimum Gasteiger partial charge on any atom is -0.462 e. The maximum absolute atomic E-state index is 13.0. The van der Waals surface area contributed by atoms with E-state index in [1.54, 1.807) is 0 Å². The first-order valence-corrected chi connectivity index (χ1v) is 39.0. The van der Waals surface area contributed by atoms with E-state index in [1.165, 1.54) is 167 Å². The lowest BCUT2D eigenvalue weighted by Crippen LogP contribution is -2.30. The summed E-state index contributed by atoms with van der Waals surface area (Å²) in [5.74, 6) is -0.681. The van der Waals surface area contributed by atoms with E-state index in [9.17, 15) is 43.2 Å². The molecule has 0 aliphatic rings. The molecule has 88 heavy (non-hydrogen) atoms. The van der Waals surface area contributed by atoms with Crippen molar-refractivity contribution in [2.75, 3.05) is 39.6 Å². The standard InChI is InChI=1S/C69H134O17P2/c1-7-9-11-13-15-17-19-21-22-24-26-35-41-47-53-68(73)85-64(57-79-66(71)51-45-39-33-25-23-20-18-16-14-12-10-8-2)59-83-87(75,76)81-55-63(70)56-82-88(77,78)84-60-65(86-69(74)54-48-42-36-30-28-32-38-44-50-62(5)6)58-80-67(72)52-46-40-34-29-27-31-37-43-49-61(3)4/h61-65,70H,7-60H2,1-6H3,(H,75,76)(H,77,78)/t63-,64-,65-/m1/s1. The summed E-state index contributed by atoms with van der Waals surface area (Å²) < 4.78 is 68.2. The molecule has 3 N–H and O–H groups in total. The number of unbranched alkanes of at least 4 members (excludes halogenated alkanes) is 38. The third kappa shape index (κ3) is 62.8. The van der Waals surface area contributed by atoms with Gasteiger partial charge in [0.15, 0.2) is 12.2 Å². The molecule has 0 saturated carbocycles. The molecule has 0 amide bonds. The number of carbonyl (C=O) groups is 4. The van der Waals surface area contributed by atoms with Gasteiger partial charge in [-0.3, -0.25) is 37.3 Å². The van der Waals surface area contributed by atoms with Gasteiger partial charge in [-0.05, 0) is 37.5 Å². The molecule has 0 rings (SSSR count). The van der Waals surface area contributed by atoms with Gasteiger partial charge in [0.05, 0.1) is 26.4 Å². The van der Waals surface area contributed by atoms with Crippen LogP contribution in [0, 0.1) is 11.8 Å². The van der Waals surface area contributed by atoms with Gasteiger partial charge < -0.3 is 33.8 Å². The molecule has 0 bridgehead atoms. The molecular formula is C69H134O17P2. The second-order valence-electron chi connectivity index (χ2n) is 25.9. The molecule has 0 spiro atoms. The molecule has 0 aromatic rings. The van der Waals surface area contributed by atoms with Crippen molar-refractivity contribution in [1.82, 2.24) is 0 Å². The predicted molar refractivity (Wildman–Crippen MR) is 354 cm³/mol. The van der Waals surface area contributed by atoms with Crippen LogP contribution in [0.3, 0.4) is 0 Å². The number of esters is 4. The first-order valence-electron chi connectivity index (χ1n) is 36.0. The maximum atomic E-state index is 13.0. The fourth-order valence-corrected chi connectivity index (χ4v) is 12.0. The predicted octanol–water partition coefficient (Wildman–Crippen LogP) is 19.6. The van der Waals surface area contributed by atoms with Crippen LogP contribution < -0.4 is 0 Å². The highest BCUT2D eigenvalue weighted by Crippen LogP contribution is 2.45. The number of ether oxygens (including phenoxy) is 4. The van der Waals surface area contributed by atoms with Gasteiger partial charge in [0.2, 0.25) is 0 Å². The Morgan fingerprint density at radius 3 is 0.773 bits per heavy atom. The normalized spacial score (nSPS) is 14.2. The summed E-state index contributed by atoms with van der Waals surface area (Å²) in [6.45, 7) is 9.47. The smallest absolute Gasteiger partial charge is 0.462 e. The average Bonchev–Trinajstić information content (AvgIpc) is 3.70. The number of hydrogen-bond acceptors (Lipinski definition) is 15. The van der Waals surface area contributed by atoms with Gasteiger partial charge in [-0.2, -0.15) is 0 Å². The van der Waals surface area contributed by atoms with Crippen molar-refractivity contribution in [3.63, 3.8) is 0 Å². The lowest BCUT2D eigenvalue weighted by Gasteiger charge is -2.21. The van der Waals surface area contributed by atoms with Gasteiger partial charge >= 0.3 is 39.5 Å². The number of phosphoric acid groups is 2. The second-order valence-corrected chi connectivity index (χ2v) is 28.8. The van der Waals surface area contributed by atoms with E-state index in [0.29, 0.717) is 25.7 Å². The van der Waals surface area contributed by atoms with Crippen LogP contribution in [0.2, 0.25) is 0 Å². The van der Waals surface area contributed by atoms with Gasteiger partial charge in [0.25, 0.3) is 0 Å². The molecular weight excluding hydrogens is 1160 g/mol. The van der Waals surface area contributed by atoms with E-state index in [2.05, 4.69) is 41.5 Å². The van der Waals surface area contributed by atoms with Gasteiger partial charge in [-0.1, -0.05) is 298 Å². The van der Waals surface area contributed by atoms with Crippen molar-refractivity contribution < 1.29 is 80.2 Å². The molecule has 5 atom stereocenters. The number of aliphatic hydroxyl groups excluding tert-OH is 1. The molecule has 0 radical (unpaired) electrons. The van der Waals surface area contributed by atoms with E-state index in [-0.39, 0.29) is 25.7 Å². The Labute approximate surface area is 537 Å². The summed E-state index contributed by atoms with van der Waals surface area (Å²) in [7, 11) is -9.90. The third-order valence-corrected chi connectivity index (χ3v) is 17.9. The topological polar surface area (TPSA) is 237 Å². The molecule has 522 valence electrons. The Kier molecular flexibility index (Phi) is 59.9. The van der Waals surface area contributed by atoms with Crippen LogP contribution in [-0.2, 0) is 65.4 Å². The zero-order valence-electron chi connectivity index (χ0n) is 57.0. The minimum atomic E-state index is -4.95. The summed E-state index contributed by atoms with van der Waals surface area (Å²) in [5, 5.41) is 10.6. The van der Waals surface area contributed by atoms with Crippen molar-refractivity contribution in [2.45, 2.75) is 368 Å². The highest BCUT2D eigenvalue weighted by atomic mass is 31.2. The van der Waals surface area contributed by atoms with Crippen molar-refractivity contribution in [1.29, 1.82) is 0 Å². The highest BCUT2D eigenvalue weighted by molar-refractivity contribution is 7.47. The third-order valence-electron chi connectivity index (χ3n) is 16.0. The van der Waals surface area contributed by atoms with Crippen LogP contribution in [0.25, 0.3) is 0 Å². The monoisotopic (exact) mass is 1300 g/mol. The van der Waals surface area contributed by atoms with Crippen LogP contribution in [0.15, 0.2) is 0 Å². The molecule has 19 heteroatoms. The van der Waals surface area contributed by atoms with Gasteiger partial charge in [0.1, 0.15) is 19.3 Å². The number of hydrogen-bond donors (Lipinski definition) is 3. The van der Waals surface area contributed by atoms with Crippen molar-refractivity contribution >= 4 is 39.5 Å². The molecule has 0 aliphatic carbocycles. The van der Waals surface area contributed by atoms with Crippen LogP contribution in [-0.4, -0.2) is 96.7 Å². The number of phosphoric ester groups is 2. The van der Waals surface area contributed by atoms with Crippen LogP contribution in [0.1, 0.15) is 350 Å². The molecule has 0 aliphatic heterocycles. The zero-order chi connectivity index (χ0) is 65.0. The van der Waals surface area contributed by atoms with Crippen molar-refractivity contribution in [2.24, 2.45) is 11.8 Å². The van der Waals surface area contributed by atoms with E-state index < -0.39 is 97.5 Å². The van der Waals surface area contributed by atoms with E-state index in [4.69, 9.17) is 37.0 Å². The van der Waals surface area contributed by atoms with Crippen LogP contribution >= 0.6 is 15.6 Å². The van der Waals surface area contributed by atoms with E-state index in [1.807, 2.05) is 0 Å². The first kappa shape index (κ1) is 86.1. The Hall–Kier alpha value is -1.94. The average molecular weight is 1300 g/mol. The minimum absolute atomic E-state index is 0.104. The first-order chi connectivity index (χ1) is 42.4. The molecule has 0 saturated heterocycles.